The maximum absolute atomic E-state index is 16.8. The molecule has 4 heterocycles. The van der Waals surface area contributed by atoms with E-state index in [4.69, 9.17) is 18.9 Å². The van der Waals surface area contributed by atoms with Gasteiger partial charge in [-0.2, -0.15) is 0 Å². The summed E-state index contributed by atoms with van der Waals surface area (Å²) >= 11 is 0. The third-order valence-corrected chi connectivity index (χ3v) is 11.4. The molecule has 0 bridgehead atoms. The maximum atomic E-state index is 16.8. The van der Waals surface area contributed by atoms with Gasteiger partial charge in [0.05, 0.1) is 76.9 Å². The number of anilines is 2. The van der Waals surface area contributed by atoms with Gasteiger partial charge in [0.25, 0.3) is 0 Å². The van der Waals surface area contributed by atoms with Crippen LogP contribution in [0, 0.1) is 0 Å². The highest BCUT2D eigenvalue weighted by molar-refractivity contribution is 6.01. The summed E-state index contributed by atoms with van der Waals surface area (Å²) in [4.78, 5) is 32.9. The number of aromatic nitrogens is 4. The van der Waals surface area contributed by atoms with E-state index in [-0.39, 0.29) is 19.0 Å². The number of nitrogens with zero attached hydrogens (tertiary/aromatic N) is 2. The minimum Gasteiger partial charge on any atom is -0.494 e. The average Bonchev–Trinajstić information content (AvgIpc) is 3.95. The van der Waals surface area contributed by atoms with Crippen molar-refractivity contribution in [3.63, 3.8) is 0 Å². The number of ketones is 1. The van der Waals surface area contributed by atoms with E-state index in [1.54, 1.807) is 65.1 Å². The van der Waals surface area contributed by atoms with Crippen LogP contribution in [0.25, 0.3) is 21.8 Å². The van der Waals surface area contributed by atoms with Crippen LogP contribution >= 0.6 is 0 Å². The summed E-state index contributed by atoms with van der Waals surface area (Å²) in [6, 6.07) is 32.6. The summed E-state index contributed by atoms with van der Waals surface area (Å²) in [6.45, 7) is -0.518. The van der Waals surface area contributed by atoms with Gasteiger partial charge < -0.3 is 49.8 Å². The van der Waals surface area contributed by atoms with Crippen LogP contribution in [0.5, 0.6) is 23.3 Å². The zero-order valence-electron chi connectivity index (χ0n) is 34.8. The molecule has 0 aliphatic heterocycles. The Morgan fingerprint density at radius 3 is 1.37 bits per heavy atom. The number of carbonyl (C=O) groups is 1. The minimum absolute atomic E-state index is 0.157. The van der Waals surface area contributed by atoms with Gasteiger partial charge in [-0.1, -0.05) is 72.8 Å². The monoisotopic (exact) mass is 832 g/mol. The summed E-state index contributed by atoms with van der Waals surface area (Å²) in [5, 5.41) is 29.9. The molecule has 0 saturated carbocycles. The van der Waals surface area contributed by atoms with Crippen LogP contribution in [-0.4, -0.2) is 64.4 Å². The fourth-order valence-corrected chi connectivity index (χ4v) is 8.46. The van der Waals surface area contributed by atoms with Crippen molar-refractivity contribution >= 4 is 39.0 Å². The molecule has 8 rings (SSSR count). The van der Waals surface area contributed by atoms with Crippen molar-refractivity contribution in [2.24, 2.45) is 0 Å². The fourth-order valence-electron chi connectivity index (χ4n) is 8.46. The summed E-state index contributed by atoms with van der Waals surface area (Å²) in [7, 11) is 6.22. The number of aliphatic hydroxyl groups is 2. The van der Waals surface area contributed by atoms with Crippen molar-refractivity contribution in [2.75, 3.05) is 39.1 Å². The van der Waals surface area contributed by atoms with Gasteiger partial charge in [-0.3, -0.25) is 4.79 Å². The molecule has 8 aromatic rings. The van der Waals surface area contributed by atoms with Crippen LogP contribution in [0.1, 0.15) is 57.3 Å². The Morgan fingerprint density at radius 1 is 0.565 bits per heavy atom. The molecular formula is C49H48N6O7. The minimum atomic E-state index is -0.927. The first-order chi connectivity index (χ1) is 30.4. The molecule has 4 aromatic carbocycles. The third kappa shape index (κ3) is 7.98. The SMILES string of the molecule is COc1ccc(C(Nc2cccc(CO)c2OC)C(C(=O)C(c2c[nH]c3ccccc23)C(Nc2cccc(CO)c2OC)c2ccc(OC)nc2)c2c[nH]c3ccccc23)cn1. The number of aromatic amines is 2. The van der Waals surface area contributed by atoms with Gasteiger partial charge in [0, 0.05) is 69.9 Å². The average molecular weight is 833 g/mol. The standard InChI is InChI=1S/C49H48N6O7/c1-59-41-21-19-29(23-52-41)45(54-39-17-9-11-31(27-56)48(39)61-3)43(35-25-50-37-15-7-5-13-33(35)37)47(58)44(36-26-51-38-16-8-6-14-34(36)38)46(30-20-22-42(60-2)53-24-30)55-40-18-10-12-32(28-57)49(40)62-4/h5-26,43-46,50-51,54-57H,27-28H2,1-4H3. The molecule has 0 spiro atoms. The van der Waals surface area contributed by atoms with Crippen molar-refractivity contribution in [1.82, 2.24) is 19.9 Å². The number of carbonyl (C=O) groups excluding carboxylic acids is 1. The Labute approximate surface area is 358 Å². The van der Waals surface area contributed by atoms with Gasteiger partial charge >= 0.3 is 0 Å². The predicted octanol–water partition coefficient (Wildman–Crippen LogP) is 8.60. The van der Waals surface area contributed by atoms with Crippen LogP contribution in [0.3, 0.4) is 0 Å². The first-order valence-electron chi connectivity index (χ1n) is 20.1. The van der Waals surface area contributed by atoms with E-state index in [9.17, 15) is 10.2 Å². The maximum Gasteiger partial charge on any atom is 0.212 e. The summed E-state index contributed by atoms with van der Waals surface area (Å²) in [5.74, 6) is -0.300. The van der Waals surface area contributed by atoms with Crippen LogP contribution in [0.2, 0.25) is 0 Å². The normalized spacial score (nSPS) is 13.3. The number of H-pyrrole nitrogens is 2. The largest absolute Gasteiger partial charge is 0.494 e. The molecule has 13 nitrogen and oxygen atoms in total. The van der Waals surface area contributed by atoms with E-state index in [1.165, 1.54) is 0 Å². The molecule has 0 fully saturated rings. The zero-order valence-corrected chi connectivity index (χ0v) is 34.8. The Kier molecular flexibility index (Phi) is 12.4. The van der Waals surface area contributed by atoms with E-state index >= 15 is 4.79 Å². The molecule has 0 saturated heterocycles. The van der Waals surface area contributed by atoms with Gasteiger partial charge in [-0.25, -0.2) is 9.97 Å². The van der Waals surface area contributed by atoms with Gasteiger partial charge in [-0.05, 0) is 46.5 Å². The number of hydrogen-bond acceptors (Lipinski definition) is 11. The number of methoxy groups -OCH3 is 4. The summed E-state index contributed by atoms with van der Waals surface area (Å²) < 4.78 is 22.8. The number of pyridine rings is 2. The Hall–Kier alpha value is -7.35. The highest BCUT2D eigenvalue weighted by Gasteiger charge is 2.43. The lowest BCUT2D eigenvalue weighted by Gasteiger charge is -2.35. The molecule has 0 aliphatic carbocycles. The van der Waals surface area contributed by atoms with Crippen LogP contribution in [0.15, 0.2) is 134 Å². The number of rotatable bonds is 18. The summed E-state index contributed by atoms with van der Waals surface area (Å²) in [6.07, 6.45) is 7.22. The molecule has 6 N–H and O–H groups in total. The van der Waals surface area contributed by atoms with Crippen molar-refractivity contribution in [3.05, 3.63) is 167 Å². The Balaban J connectivity index is 1.42. The van der Waals surface area contributed by atoms with E-state index in [0.717, 1.165) is 32.9 Å². The molecule has 4 unspecified atom stereocenters. The van der Waals surface area contributed by atoms with Gasteiger partial charge in [0.15, 0.2) is 5.78 Å². The van der Waals surface area contributed by atoms with Crippen molar-refractivity contribution in [3.8, 4) is 23.3 Å². The Morgan fingerprint density at radius 2 is 1.00 bits per heavy atom. The molecule has 0 aliphatic rings. The number of ether oxygens (including phenoxy) is 4. The van der Waals surface area contributed by atoms with Crippen LogP contribution in [0.4, 0.5) is 11.4 Å². The number of benzene rings is 4. The summed E-state index contributed by atoms with van der Waals surface area (Å²) in [5.41, 5.74) is 6.87. The smallest absolute Gasteiger partial charge is 0.212 e. The molecule has 13 heteroatoms. The third-order valence-electron chi connectivity index (χ3n) is 11.4. The second-order valence-electron chi connectivity index (χ2n) is 14.8. The lowest BCUT2D eigenvalue weighted by atomic mass is 9.73. The predicted molar refractivity (Wildman–Crippen MR) is 239 cm³/mol. The highest BCUT2D eigenvalue weighted by atomic mass is 16.5. The zero-order chi connectivity index (χ0) is 43.2. The highest BCUT2D eigenvalue weighted by Crippen LogP contribution is 2.48. The first-order valence-corrected chi connectivity index (χ1v) is 20.1. The lowest BCUT2D eigenvalue weighted by Crippen LogP contribution is -2.34. The van der Waals surface area contributed by atoms with E-state index in [0.29, 0.717) is 56.9 Å². The van der Waals surface area contributed by atoms with Crippen molar-refractivity contribution in [2.45, 2.75) is 37.1 Å². The molecule has 0 amide bonds. The molecular weight excluding hydrogens is 785 g/mol. The topological polar surface area (TPSA) is 176 Å². The quantitative estimate of drug-likeness (QED) is 0.0488. The van der Waals surface area contributed by atoms with Gasteiger partial charge in [0.1, 0.15) is 11.5 Å². The van der Waals surface area contributed by atoms with Gasteiger partial charge in [0.2, 0.25) is 11.8 Å². The van der Waals surface area contributed by atoms with E-state index in [2.05, 4.69) is 30.6 Å². The van der Waals surface area contributed by atoms with E-state index in [1.807, 2.05) is 97.3 Å². The number of Topliss-reactive ketones (excluding diaryl/α,β-unsaturated/α-hetero) is 1. The first kappa shape index (κ1) is 41.4. The molecule has 4 aromatic heterocycles. The Bertz CT molecular complexity index is 2600. The lowest BCUT2D eigenvalue weighted by molar-refractivity contribution is -0.122. The van der Waals surface area contributed by atoms with Crippen molar-refractivity contribution < 1.29 is 34.0 Å². The number of nitrogens with one attached hydrogen (secondary N) is 4. The van der Waals surface area contributed by atoms with Crippen LogP contribution < -0.4 is 29.6 Å². The number of hydrogen-bond donors (Lipinski definition) is 6. The molecule has 62 heavy (non-hydrogen) atoms. The molecule has 0 radical (unpaired) electrons. The van der Waals surface area contributed by atoms with E-state index < -0.39 is 23.9 Å². The fraction of sp³-hybridized carbons (Fsp3) is 0.204. The van der Waals surface area contributed by atoms with Gasteiger partial charge in [-0.15, -0.1) is 0 Å². The van der Waals surface area contributed by atoms with Crippen LogP contribution in [-0.2, 0) is 18.0 Å². The second-order valence-corrected chi connectivity index (χ2v) is 14.8. The molecule has 4 atom stereocenters. The molecule has 316 valence electrons. The number of para-hydroxylation sites is 4. The van der Waals surface area contributed by atoms with Crippen molar-refractivity contribution in [1.29, 1.82) is 0 Å². The second kappa shape index (κ2) is 18.5. The number of aliphatic hydroxyl groups excluding tert-OH is 2. The number of fused-ring (bicyclic) bond motifs is 2.